The second-order valence-corrected chi connectivity index (χ2v) is 6.56. The summed E-state index contributed by atoms with van der Waals surface area (Å²) in [6.45, 7) is 9.66. The van der Waals surface area contributed by atoms with Gasteiger partial charge < -0.3 is 19.4 Å². The van der Waals surface area contributed by atoms with E-state index in [9.17, 15) is 0 Å². The predicted molar refractivity (Wildman–Crippen MR) is 107 cm³/mol. The molecule has 0 atom stereocenters. The zero-order valence-electron chi connectivity index (χ0n) is 16.0. The van der Waals surface area contributed by atoms with E-state index in [-0.39, 0.29) is 11.3 Å². The monoisotopic (exact) mass is 389 g/mol. The third kappa shape index (κ3) is 4.08. The lowest BCUT2D eigenvalue weighted by Gasteiger charge is -2.16. The molecule has 0 fully saturated rings. The maximum absolute atomic E-state index is 6.14. The third-order valence-electron chi connectivity index (χ3n) is 4.05. The number of hydrogen-bond donors (Lipinski definition) is 1. The Labute approximate surface area is 163 Å². The van der Waals surface area contributed by atoms with E-state index in [0.29, 0.717) is 36.7 Å². The second kappa shape index (κ2) is 8.43. The number of nitrogens with zero attached hydrogens (tertiary/aromatic N) is 4. The molecule has 1 N–H and O–H groups in total. The Kier molecular flexibility index (Phi) is 6.01. The molecule has 144 valence electrons. The molecular formula is C19H24ClN5O2. The van der Waals surface area contributed by atoms with E-state index in [2.05, 4.69) is 34.1 Å². The van der Waals surface area contributed by atoms with Crippen LogP contribution in [0.15, 0.2) is 24.5 Å². The minimum Gasteiger partial charge on any atom is -0.490 e. The minimum atomic E-state index is 0.181. The van der Waals surface area contributed by atoms with Crippen molar-refractivity contribution in [2.24, 2.45) is 0 Å². The molecule has 2 heterocycles. The Bertz CT molecular complexity index is 926. The van der Waals surface area contributed by atoms with Crippen LogP contribution in [0, 0.1) is 0 Å². The zero-order chi connectivity index (χ0) is 19.4. The van der Waals surface area contributed by atoms with Gasteiger partial charge in [0.25, 0.3) is 0 Å². The van der Waals surface area contributed by atoms with Crippen molar-refractivity contribution in [2.75, 3.05) is 18.5 Å². The van der Waals surface area contributed by atoms with Crippen LogP contribution in [0.25, 0.3) is 11.2 Å². The zero-order valence-corrected chi connectivity index (χ0v) is 16.7. The van der Waals surface area contributed by atoms with Gasteiger partial charge in [-0.3, -0.25) is 0 Å². The van der Waals surface area contributed by atoms with Crippen molar-refractivity contribution in [3.63, 3.8) is 0 Å². The van der Waals surface area contributed by atoms with E-state index >= 15 is 0 Å². The topological polar surface area (TPSA) is 74.1 Å². The average molecular weight is 390 g/mol. The molecule has 1 aromatic carbocycles. The summed E-state index contributed by atoms with van der Waals surface area (Å²) >= 11 is 6.14. The fourth-order valence-electron chi connectivity index (χ4n) is 2.85. The highest BCUT2D eigenvalue weighted by atomic mass is 35.5. The van der Waals surface area contributed by atoms with Crippen LogP contribution in [0.1, 0.15) is 39.3 Å². The SMILES string of the molecule is CCOc1cccc(CNc2nc(Cl)nc3c2ncn3C(C)C)c1OCC. The Morgan fingerprint density at radius 1 is 1.15 bits per heavy atom. The van der Waals surface area contributed by atoms with E-state index in [0.717, 1.165) is 17.1 Å². The molecule has 0 aliphatic carbocycles. The van der Waals surface area contributed by atoms with Crippen molar-refractivity contribution in [2.45, 2.75) is 40.3 Å². The van der Waals surface area contributed by atoms with Gasteiger partial charge in [0, 0.05) is 18.2 Å². The van der Waals surface area contributed by atoms with Crippen LogP contribution < -0.4 is 14.8 Å². The van der Waals surface area contributed by atoms with Gasteiger partial charge in [-0.25, -0.2) is 4.98 Å². The number of anilines is 1. The van der Waals surface area contributed by atoms with E-state index in [1.807, 2.05) is 36.6 Å². The number of fused-ring (bicyclic) bond motifs is 1. The first-order valence-electron chi connectivity index (χ1n) is 9.06. The molecule has 8 heteroatoms. The van der Waals surface area contributed by atoms with Crippen LogP contribution in [0.2, 0.25) is 5.28 Å². The van der Waals surface area contributed by atoms with Gasteiger partial charge in [0.15, 0.2) is 28.5 Å². The van der Waals surface area contributed by atoms with Crippen molar-refractivity contribution in [1.82, 2.24) is 19.5 Å². The minimum absolute atomic E-state index is 0.181. The number of aromatic nitrogens is 4. The molecule has 7 nitrogen and oxygen atoms in total. The van der Waals surface area contributed by atoms with Crippen molar-refractivity contribution in [1.29, 1.82) is 0 Å². The Balaban J connectivity index is 1.92. The number of imidazole rings is 1. The molecule has 3 rings (SSSR count). The summed E-state index contributed by atoms with van der Waals surface area (Å²) in [4.78, 5) is 13.1. The maximum atomic E-state index is 6.14. The lowest BCUT2D eigenvalue weighted by atomic mass is 10.2. The van der Waals surface area contributed by atoms with E-state index in [1.54, 1.807) is 6.33 Å². The summed E-state index contributed by atoms with van der Waals surface area (Å²) < 4.78 is 13.5. The van der Waals surface area contributed by atoms with Gasteiger partial charge in [-0.15, -0.1) is 0 Å². The highest BCUT2D eigenvalue weighted by molar-refractivity contribution is 6.28. The summed E-state index contributed by atoms with van der Waals surface area (Å²) in [5.74, 6) is 2.06. The van der Waals surface area contributed by atoms with E-state index in [1.165, 1.54) is 0 Å². The van der Waals surface area contributed by atoms with Gasteiger partial charge in [0.05, 0.1) is 19.5 Å². The summed E-state index contributed by atoms with van der Waals surface area (Å²) in [7, 11) is 0. The van der Waals surface area contributed by atoms with Crippen molar-refractivity contribution in [3.8, 4) is 11.5 Å². The molecule has 0 bridgehead atoms. The van der Waals surface area contributed by atoms with E-state index < -0.39 is 0 Å². The first-order chi connectivity index (χ1) is 13.0. The first kappa shape index (κ1) is 19.2. The van der Waals surface area contributed by atoms with Gasteiger partial charge in [-0.1, -0.05) is 12.1 Å². The number of halogens is 1. The normalized spacial score (nSPS) is 11.2. The number of benzene rings is 1. The van der Waals surface area contributed by atoms with Gasteiger partial charge in [0.2, 0.25) is 5.28 Å². The molecule has 0 saturated heterocycles. The van der Waals surface area contributed by atoms with Gasteiger partial charge in [-0.05, 0) is 45.4 Å². The van der Waals surface area contributed by atoms with Crippen LogP contribution in [-0.2, 0) is 6.54 Å². The highest BCUT2D eigenvalue weighted by Gasteiger charge is 2.16. The smallest absolute Gasteiger partial charge is 0.226 e. The molecule has 27 heavy (non-hydrogen) atoms. The Morgan fingerprint density at radius 2 is 1.93 bits per heavy atom. The van der Waals surface area contributed by atoms with Gasteiger partial charge >= 0.3 is 0 Å². The average Bonchev–Trinajstić information content (AvgIpc) is 3.06. The summed E-state index contributed by atoms with van der Waals surface area (Å²) in [6.07, 6.45) is 1.76. The predicted octanol–water partition coefficient (Wildman–Crippen LogP) is 4.47. The molecule has 3 aromatic rings. The summed E-state index contributed by atoms with van der Waals surface area (Å²) in [5, 5.41) is 3.50. The van der Waals surface area contributed by atoms with E-state index in [4.69, 9.17) is 21.1 Å². The first-order valence-corrected chi connectivity index (χ1v) is 9.44. The number of para-hydroxylation sites is 1. The molecule has 0 radical (unpaired) electrons. The van der Waals surface area contributed by atoms with Crippen LogP contribution >= 0.6 is 11.6 Å². The van der Waals surface area contributed by atoms with Crippen LogP contribution in [0.3, 0.4) is 0 Å². The number of hydrogen-bond acceptors (Lipinski definition) is 6. The second-order valence-electron chi connectivity index (χ2n) is 6.22. The van der Waals surface area contributed by atoms with Crippen LogP contribution in [0.4, 0.5) is 5.82 Å². The molecule has 0 aliphatic heterocycles. The number of nitrogens with one attached hydrogen (secondary N) is 1. The van der Waals surface area contributed by atoms with Crippen molar-refractivity contribution >= 4 is 28.6 Å². The standard InChI is InChI=1S/C19H24ClN5O2/c1-5-26-14-9-7-8-13(16(14)27-6-2)10-21-17-15-18(24-19(20)23-17)25(11-22-15)12(3)4/h7-9,11-12H,5-6,10H2,1-4H3,(H,21,23,24). The molecule has 0 aliphatic rings. The van der Waals surface area contributed by atoms with Gasteiger partial charge in [-0.2, -0.15) is 9.97 Å². The van der Waals surface area contributed by atoms with Crippen molar-refractivity contribution in [3.05, 3.63) is 35.4 Å². The molecule has 0 spiro atoms. The van der Waals surface area contributed by atoms with Crippen LogP contribution in [-0.4, -0.2) is 32.7 Å². The number of ether oxygens (including phenoxy) is 2. The lowest BCUT2D eigenvalue weighted by Crippen LogP contribution is -2.08. The Hall–Kier alpha value is -2.54. The lowest BCUT2D eigenvalue weighted by molar-refractivity contribution is 0.285. The Morgan fingerprint density at radius 3 is 2.63 bits per heavy atom. The molecule has 0 saturated carbocycles. The van der Waals surface area contributed by atoms with Crippen LogP contribution in [0.5, 0.6) is 11.5 Å². The largest absolute Gasteiger partial charge is 0.490 e. The molecule has 0 unspecified atom stereocenters. The third-order valence-corrected chi connectivity index (χ3v) is 4.21. The maximum Gasteiger partial charge on any atom is 0.226 e. The number of rotatable bonds is 8. The fraction of sp³-hybridized carbons (Fsp3) is 0.421. The molecule has 2 aromatic heterocycles. The quantitative estimate of drug-likeness (QED) is 0.573. The van der Waals surface area contributed by atoms with Crippen molar-refractivity contribution < 1.29 is 9.47 Å². The molecule has 0 amide bonds. The highest BCUT2D eigenvalue weighted by Crippen LogP contribution is 2.32. The summed E-state index contributed by atoms with van der Waals surface area (Å²) in [5.41, 5.74) is 2.36. The molecular weight excluding hydrogens is 366 g/mol. The summed E-state index contributed by atoms with van der Waals surface area (Å²) in [6, 6.07) is 6.07. The van der Waals surface area contributed by atoms with Gasteiger partial charge in [0.1, 0.15) is 0 Å². The fourth-order valence-corrected chi connectivity index (χ4v) is 3.01.